The molecule has 4 nitrogen and oxygen atoms in total. The number of carbonyl (C=O) groups excluding carboxylic acids is 1. The van der Waals surface area contributed by atoms with Crippen LogP contribution in [-0.2, 0) is 0 Å². The van der Waals surface area contributed by atoms with Crippen molar-refractivity contribution in [2.75, 3.05) is 13.2 Å². The largest absolute Gasteiger partial charge is 0.489 e. The topological polar surface area (TPSA) is 51.2 Å². The molecule has 0 atom stereocenters. The molecule has 24 heavy (non-hydrogen) atoms. The maximum absolute atomic E-state index is 13.4. The average molecular weight is 342 g/mol. The minimum Gasteiger partial charge on any atom is -0.489 e. The van der Waals surface area contributed by atoms with Gasteiger partial charge in [0.2, 0.25) is 0 Å². The van der Waals surface area contributed by atoms with Crippen LogP contribution in [0.4, 0.5) is 4.39 Å². The standard InChI is InChI=1S/C18H15FN2O2S/c19-14-8-4-5-9-16(14)23-11-10-20-17(22)15-12-24-18(21-15)13-6-2-1-3-7-13/h1-9,12H,10-11H2,(H,20,22). The summed E-state index contributed by atoms with van der Waals surface area (Å²) in [5.74, 6) is -0.520. The molecule has 3 rings (SSSR count). The fraction of sp³-hybridized carbons (Fsp3) is 0.111. The maximum atomic E-state index is 13.4. The van der Waals surface area contributed by atoms with Crippen molar-refractivity contribution in [3.8, 4) is 16.3 Å². The van der Waals surface area contributed by atoms with Crippen LogP contribution in [0.2, 0.25) is 0 Å². The van der Waals surface area contributed by atoms with Gasteiger partial charge in [-0.2, -0.15) is 0 Å². The Balaban J connectivity index is 1.51. The third-order valence-corrected chi connectivity index (χ3v) is 4.13. The van der Waals surface area contributed by atoms with Gasteiger partial charge in [-0.25, -0.2) is 9.37 Å². The number of hydrogen-bond donors (Lipinski definition) is 1. The van der Waals surface area contributed by atoms with E-state index < -0.39 is 5.82 Å². The van der Waals surface area contributed by atoms with Crippen molar-refractivity contribution in [1.82, 2.24) is 10.3 Å². The molecule has 122 valence electrons. The zero-order valence-electron chi connectivity index (χ0n) is 12.7. The number of nitrogens with zero attached hydrogens (tertiary/aromatic N) is 1. The molecule has 6 heteroatoms. The molecule has 1 heterocycles. The molecular weight excluding hydrogens is 327 g/mol. The molecule has 0 fully saturated rings. The SMILES string of the molecule is O=C(NCCOc1ccccc1F)c1csc(-c2ccccc2)n1. The summed E-state index contributed by atoms with van der Waals surface area (Å²) in [7, 11) is 0. The van der Waals surface area contributed by atoms with Crippen LogP contribution >= 0.6 is 11.3 Å². The number of ether oxygens (including phenoxy) is 1. The van der Waals surface area contributed by atoms with Gasteiger partial charge in [0, 0.05) is 10.9 Å². The summed E-state index contributed by atoms with van der Waals surface area (Å²) in [6, 6.07) is 15.8. The van der Waals surface area contributed by atoms with Crippen molar-refractivity contribution >= 4 is 17.2 Å². The Bertz CT molecular complexity index is 821. The van der Waals surface area contributed by atoms with Gasteiger partial charge in [-0.3, -0.25) is 4.79 Å². The van der Waals surface area contributed by atoms with Crippen LogP contribution in [-0.4, -0.2) is 24.0 Å². The molecule has 0 spiro atoms. The van der Waals surface area contributed by atoms with Gasteiger partial charge in [-0.1, -0.05) is 42.5 Å². The molecule has 1 aromatic heterocycles. The second-order valence-electron chi connectivity index (χ2n) is 4.94. The molecular formula is C18H15FN2O2S. The number of rotatable bonds is 6. The molecule has 0 unspecified atom stereocenters. The number of halogens is 1. The lowest BCUT2D eigenvalue weighted by atomic mass is 10.2. The van der Waals surface area contributed by atoms with Crippen LogP contribution in [0.5, 0.6) is 5.75 Å². The highest BCUT2D eigenvalue weighted by Crippen LogP contribution is 2.23. The lowest BCUT2D eigenvalue weighted by molar-refractivity contribution is 0.0942. The summed E-state index contributed by atoms with van der Waals surface area (Å²) in [5, 5.41) is 5.22. The lowest BCUT2D eigenvalue weighted by Crippen LogP contribution is -2.28. The zero-order valence-corrected chi connectivity index (χ0v) is 13.6. The second-order valence-corrected chi connectivity index (χ2v) is 5.80. The number of para-hydroxylation sites is 1. The van der Waals surface area contributed by atoms with E-state index in [2.05, 4.69) is 10.3 Å². The van der Waals surface area contributed by atoms with Gasteiger partial charge < -0.3 is 10.1 Å². The Kier molecular flexibility index (Phi) is 5.18. The first kappa shape index (κ1) is 16.1. The molecule has 0 saturated carbocycles. The van der Waals surface area contributed by atoms with E-state index in [0.717, 1.165) is 10.6 Å². The Morgan fingerprint density at radius 2 is 1.88 bits per heavy atom. The molecule has 0 aliphatic carbocycles. The first-order chi connectivity index (χ1) is 11.7. The predicted octanol–water partition coefficient (Wildman–Crippen LogP) is 3.76. The Hall–Kier alpha value is -2.73. The number of aromatic nitrogens is 1. The summed E-state index contributed by atoms with van der Waals surface area (Å²) in [6.45, 7) is 0.452. The molecule has 0 aliphatic rings. The zero-order chi connectivity index (χ0) is 16.8. The molecule has 2 aromatic carbocycles. The highest BCUT2D eigenvalue weighted by Gasteiger charge is 2.11. The monoisotopic (exact) mass is 342 g/mol. The molecule has 0 aliphatic heterocycles. The third-order valence-electron chi connectivity index (χ3n) is 3.24. The van der Waals surface area contributed by atoms with E-state index >= 15 is 0 Å². The van der Waals surface area contributed by atoms with Gasteiger partial charge in [-0.15, -0.1) is 11.3 Å². The van der Waals surface area contributed by atoms with E-state index in [9.17, 15) is 9.18 Å². The molecule has 1 N–H and O–H groups in total. The van der Waals surface area contributed by atoms with Gasteiger partial charge >= 0.3 is 0 Å². The predicted molar refractivity (Wildman–Crippen MR) is 91.8 cm³/mol. The van der Waals surface area contributed by atoms with Crippen LogP contribution < -0.4 is 10.1 Å². The normalized spacial score (nSPS) is 10.4. The lowest BCUT2D eigenvalue weighted by Gasteiger charge is -2.07. The van der Waals surface area contributed by atoms with Gasteiger partial charge in [0.1, 0.15) is 17.3 Å². The van der Waals surface area contributed by atoms with Crippen LogP contribution in [0.1, 0.15) is 10.5 Å². The average Bonchev–Trinajstić information content (AvgIpc) is 3.11. The number of carbonyl (C=O) groups is 1. The summed E-state index contributed by atoms with van der Waals surface area (Å²) < 4.78 is 18.7. The van der Waals surface area contributed by atoms with Crippen molar-refractivity contribution in [1.29, 1.82) is 0 Å². The highest BCUT2D eigenvalue weighted by molar-refractivity contribution is 7.13. The molecule has 3 aromatic rings. The van der Waals surface area contributed by atoms with Gasteiger partial charge in [0.25, 0.3) is 5.91 Å². The Morgan fingerprint density at radius 3 is 2.67 bits per heavy atom. The van der Waals surface area contributed by atoms with Crippen molar-refractivity contribution in [2.45, 2.75) is 0 Å². The van der Waals surface area contributed by atoms with E-state index in [1.807, 2.05) is 30.3 Å². The van der Waals surface area contributed by atoms with Crippen LogP contribution in [0, 0.1) is 5.82 Å². The second kappa shape index (κ2) is 7.70. The van der Waals surface area contributed by atoms with Crippen LogP contribution in [0.15, 0.2) is 60.0 Å². The number of nitrogens with one attached hydrogen (secondary N) is 1. The van der Waals surface area contributed by atoms with Gasteiger partial charge in [0.05, 0.1) is 6.54 Å². The molecule has 0 saturated heterocycles. The summed E-state index contributed by atoms with van der Waals surface area (Å²) >= 11 is 1.42. The van der Waals surface area contributed by atoms with E-state index in [1.165, 1.54) is 17.4 Å². The van der Waals surface area contributed by atoms with Crippen LogP contribution in [0.25, 0.3) is 10.6 Å². The summed E-state index contributed by atoms with van der Waals surface area (Å²) in [6.07, 6.45) is 0. The van der Waals surface area contributed by atoms with Crippen molar-refractivity contribution in [3.63, 3.8) is 0 Å². The quantitative estimate of drug-likeness (QED) is 0.694. The summed E-state index contributed by atoms with van der Waals surface area (Å²) in [5.41, 5.74) is 1.34. The molecule has 0 bridgehead atoms. The van der Waals surface area contributed by atoms with Gasteiger partial charge in [0.15, 0.2) is 11.6 Å². The van der Waals surface area contributed by atoms with Crippen LogP contribution in [0.3, 0.4) is 0 Å². The molecule has 0 radical (unpaired) electrons. The fourth-order valence-electron chi connectivity index (χ4n) is 2.07. The minimum atomic E-state index is -0.421. The van der Waals surface area contributed by atoms with E-state index in [-0.39, 0.29) is 24.8 Å². The number of thiazole rings is 1. The maximum Gasteiger partial charge on any atom is 0.270 e. The summed E-state index contributed by atoms with van der Waals surface area (Å²) in [4.78, 5) is 16.4. The van der Waals surface area contributed by atoms with E-state index in [0.29, 0.717) is 5.69 Å². The van der Waals surface area contributed by atoms with E-state index in [4.69, 9.17) is 4.74 Å². The first-order valence-electron chi connectivity index (χ1n) is 7.40. The highest BCUT2D eigenvalue weighted by atomic mass is 32.1. The number of hydrogen-bond acceptors (Lipinski definition) is 4. The first-order valence-corrected chi connectivity index (χ1v) is 8.28. The number of benzene rings is 2. The third kappa shape index (κ3) is 3.97. The van der Waals surface area contributed by atoms with Gasteiger partial charge in [-0.05, 0) is 12.1 Å². The molecule has 1 amide bonds. The van der Waals surface area contributed by atoms with Crippen molar-refractivity contribution in [2.24, 2.45) is 0 Å². The van der Waals surface area contributed by atoms with Crippen molar-refractivity contribution in [3.05, 3.63) is 71.5 Å². The fourth-order valence-corrected chi connectivity index (χ4v) is 2.88. The minimum absolute atomic E-state index is 0.173. The van der Waals surface area contributed by atoms with E-state index in [1.54, 1.807) is 23.6 Å². The number of amides is 1. The Morgan fingerprint density at radius 1 is 1.12 bits per heavy atom. The Labute approximate surface area is 142 Å². The smallest absolute Gasteiger partial charge is 0.270 e. The van der Waals surface area contributed by atoms with Crippen molar-refractivity contribution < 1.29 is 13.9 Å².